The van der Waals surface area contributed by atoms with Gasteiger partial charge in [0.25, 0.3) is 0 Å². The minimum atomic E-state index is -4.61. The highest BCUT2D eigenvalue weighted by Gasteiger charge is 2.32. The van der Waals surface area contributed by atoms with Crippen LogP contribution in [-0.4, -0.2) is 14.9 Å². The molecular formula is C13H11BrF4N2O. The average Bonchev–Trinajstić information content (AvgIpc) is 2.78. The summed E-state index contributed by atoms with van der Waals surface area (Å²) in [4.78, 5) is 0. The maximum atomic E-state index is 13.8. The largest absolute Gasteiger partial charge is 0.416 e. The molecule has 8 heteroatoms. The standard InChI is InChI=1S/C13H11BrF4N2O/c1-2-20-11(9(14)6-19-20)12(21)8-5-7(13(16,17)18)3-4-10(8)15/h3-6,12,21H,2H2,1H3. The lowest BCUT2D eigenvalue weighted by atomic mass is 10.0. The van der Waals surface area contributed by atoms with E-state index < -0.39 is 29.2 Å². The number of aliphatic hydroxyl groups is 1. The van der Waals surface area contributed by atoms with Crippen molar-refractivity contribution in [1.29, 1.82) is 0 Å². The Morgan fingerprint density at radius 2 is 2.05 bits per heavy atom. The normalized spacial score (nSPS) is 13.5. The molecule has 114 valence electrons. The van der Waals surface area contributed by atoms with E-state index in [-0.39, 0.29) is 5.69 Å². The Bertz CT molecular complexity index is 654. The van der Waals surface area contributed by atoms with Crippen LogP contribution in [0.3, 0.4) is 0 Å². The Morgan fingerprint density at radius 1 is 1.38 bits per heavy atom. The Balaban J connectivity index is 2.52. The van der Waals surface area contributed by atoms with Crippen LogP contribution in [0.5, 0.6) is 0 Å². The molecule has 0 aliphatic heterocycles. The third-order valence-corrected chi connectivity index (χ3v) is 3.62. The minimum absolute atomic E-state index is 0.204. The Labute approximate surface area is 126 Å². The molecule has 1 aromatic heterocycles. The molecule has 1 atom stereocenters. The Hall–Kier alpha value is -1.41. The molecular weight excluding hydrogens is 356 g/mol. The zero-order valence-electron chi connectivity index (χ0n) is 10.8. The number of halogens is 5. The minimum Gasteiger partial charge on any atom is -0.382 e. The van der Waals surface area contributed by atoms with Gasteiger partial charge in [0.1, 0.15) is 11.9 Å². The number of aliphatic hydroxyl groups excluding tert-OH is 1. The quantitative estimate of drug-likeness (QED) is 0.836. The second-order valence-corrected chi connectivity index (χ2v) is 5.18. The van der Waals surface area contributed by atoms with Crippen molar-refractivity contribution in [1.82, 2.24) is 9.78 Å². The molecule has 0 saturated carbocycles. The van der Waals surface area contributed by atoms with E-state index in [0.717, 1.165) is 0 Å². The zero-order chi connectivity index (χ0) is 15.8. The van der Waals surface area contributed by atoms with Gasteiger partial charge in [-0.15, -0.1) is 0 Å². The molecule has 0 bridgehead atoms. The number of hydrogen-bond donors (Lipinski definition) is 1. The number of benzene rings is 1. The lowest BCUT2D eigenvalue weighted by Crippen LogP contribution is -2.13. The van der Waals surface area contributed by atoms with Crippen molar-refractivity contribution in [2.24, 2.45) is 0 Å². The van der Waals surface area contributed by atoms with Crippen molar-refractivity contribution >= 4 is 15.9 Å². The van der Waals surface area contributed by atoms with Crippen LogP contribution >= 0.6 is 15.9 Å². The van der Waals surface area contributed by atoms with Crippen LogP contribution < -0.4 is 0 Å². The number of aromatic nitrogens is 2. The van der Waals surface area contributed by atoms with Crippen molar-refractivity contribution in [3.63, 3.8) is 0 Å². The van der Waals surface area contributed by atoms with Gasteiger partial charge in [0.15, 0.2) is 0 Å². The number of rotatable bonds is 3. The van der Waals surface area contributed by atoms with E-state index in [9.17, 15) is 22.7 Å². The Kier molecular flexibility index (Phi) is 4.38. The summed E-state index contributed by atoms with van der Waals surface area (Å²) in [5, 5.41) is 14.2. The van der Waals surface area contributed by atoms with E-state index in [1.807, 2.05) is 0 Å². The summed E-state index contributed by atoms with van der Waals surface area (Å²) in [7, 11) is 0. The fourth-order valence-corrected chi connectivity index (χ4v) is 2.49. The van der Waals surface area contributed by atoms with Gasteiger partial charge >= 0.3 is 6.18 Å². The highest BCUT2D eigenvalue weighted by Crippen LogP contribution is 2.35. The fraction of sp³-hybridized carbons (Fsp3) is 0.308. The monoisotopic (exact) mass is 366 g/mol. The van der Waals surface area contributed by atoms with Crippen LogP contribution in [0.2, 0.25) is 0 Å². The summed E-state index contributed by atoms with van der Waals surface area (Å²) in [6.07, 6.45) is -4.76. The van der Waals surface area contributed by atoms with Crippen LogP contribution in [0.1, 0.15) is 29.8 Å². The second kappa shape index (κ2) is 5.76. The molecule has 0 radical (unpaired) electrons. The van der Waals surface area contributed by atoms with E-state index >= 15 is 0 Å². The summed E-state index contributed by atoms with van der Waals surface area (Å²) in [6.45, 7) is 2.14. The Morgan fingerprint density at radius 3 is 2.62 bits per heavy atom. The molecule has 3 nitrogen and oxygen atoms in total. The maximum Gasteiger partial charge on any atom is 0.416 e. The lowest BCUT2D eigenvalue weighted by molar-refractivity contribution is -0.137. The number of alkyl halides is 3. The van der Waals surface area contributed by atoms with E-state index in [1.54, 1.807) is 6.92 Å². The second-order valence-electron chi connectivity index (χ2n) is 4.33. The average molecular weight is 367 g/mol. The van der Waals surface area contributed by atoms with E-state index in [0.29, 0.717) is 29.2 Å². The summed E-state index contributed by atoms with van der Waals surface area (Å²) >= 11 is 3.15. The first-order valence-electron chi connectivity index (χ1n) is 6.01. The molecule has 0 aliphatic carbocycles. The van der Waals surface area contributed by atoms with Gasteiger partial charge in [0, 0.05) is 12.1 Å². The first-order valence-corrected chi connectivity index (χ1v) is 6.81. The zero-order valence-corrected chi connectivity index (χ0v) is 12.4. The molecule has 1 heterocycles. The molecule has 0 saturated heterocycles. The molecule has 1 N–H and O–H groups in total. The van der Waals surface area contributed by atoms with Gasteiger partial charge in [-0.2, -0.15) is 18.3 Å². The van der Waals surface area contributed by atoms with Crippen LogP contribution in [0.25, 0.3) is 0 Å². The molecule has 1 unspecified atom stereocenters. The predicted molar refractivity (Wildman–Crippen MR) is 71.1 cm³/mol. The highest BCUT2D eigenvalue weighted by molar-refractivity contribution is 9.10. The first kappa shape index (κ1) is 16.0. The van der Waals surface area contributed by atoms with E-state index in [4.69, 9.17) is 0 Å². The van der Waals surface area contributed by atoms with Gasteiger partial charge in [-0.05, 0) is 41.1 Å². The molecule has 0 amide bonds. The summed E-state index contributed by atoms with van der Waals surface area (Å²) < 4.78 is 53.7. The molecule has 0 fully saturated rings. The maximum absolute atomic E-state index is 13.8. The third kappa shape index (κ3) is 3.11. The number of hydrogen-bond acceptors (Lipinski definition) is 2. The molecule has 0 aliphatic rings. The SMILES string of the molecule is CCn1ncc(Br)c1C(O)c1cc(C(F)(F)F)ccc1F. The number of nitrogens with zero attached hydrogens (tertiary/aromatic N) is 2. The van der Waals surface area contributed by atoms with Gasteiger partial charge in [0.05, 0.1) is 21.9 Å². The van der Waals surface area contributed by atoms with Crippen molar-refractivity contribution in [3.05, 3.63) is 51.5 Å². The third-order valence-electron chi connectivity index (χ3n) is 3.01. The van der Waals surface area contributed by atoms with Crippen LogP contribution in [-0.2, 0) is 12.7 Å². The van der Waals surface area contributed by atoms with E-state index in [2.05, 4.69) is 21.0 Å². The van der Waals surface area contributed by atoms with Gasteiger partial charge < -0.3 is 5.11 Å². The van der Waals surface area contributed by atoms with Crippen LogP contribution in [0.15, 0.2) is 28.9 Å². The summed E-state index contributed by atoms with van der Waals surface area (Å²) in [5.74, 6) is -0.911. The lowest BCUT2D eigenvalue weighted by Gasteiger charge is -2.16. The topological polar surface area (TPSA) is 38.0 Å². The van der Waals surface area contributed by atoms with Gasteiger partial charge in [-0.1, -0.05) is 0 Å². The fourth-order valence-electron chi connectivity index (χ4n) is 1.97. The van der Waals surface area contributed by atoms with Crippen LogP contribution in [0, 0.1) is 5.82 Å². The first-order chi connectivity index (χ1) is 9.75. The van der Waals surface area contributed by atoms with Crippen molar-refractivity contribution in [2.45, 2.75) is 25.7 Å². The van der Waals surface area contributed by atoms with E-state index in [1.165, 1.54) is 10.9 Å². The van der Waals surface area contributed by atoms with Gasteiger partial charge in [0.2, 0.25) is 0 Å². The molecule has 1 aromatic carbocycles. The smallest absolute Gasteiger partial charge is 0.382 e. The molecule has 2 rings (SSSR count). The summed E-state index contributed by atoms with van der Waals surface area (Å²) in [5.41, 5.74) is -1.26. The molecule has 2 aromatic rings. The predicted octanol–water partition coefficient (Wildman–Crippen LogP) is 3.91. The van der Waals surface area contributed by atoms with Gasteiger partial charge in [-0.25, -0.2) is 4.39 Å². The number of aryl methyl sites for hydroxylation is 1. The van der Waals surface area contributed by atoms with Crippen LogP contribution in [0.4, 0.5) is 17.6 Å². The van der Waals surface area contributed by atoms with Crippen molar-refractivity contribution < 1.29 is 22.7 Å². The highest BCUT2D eigenvalue weighted by atomic mass is 79.9. The van der Waals surface area contributed by atoms with Crippen molar-refractivity contribution in [2.75, 3.05) is 0 Å². The molecule has 0 spiro atoms. The van der Waals surface area contributed by atoms with Crippen molar-refractivity contribution in [3.8, 4) is 0 Å². The van der Waals surface area contributed by atoms with Gasteiger partial charge in [-0.3, -0.25) is 4.68 Å². The summed E-state index contributed by atoms with van der Waals surface area (Å²) in [6, 6.07) is 1.94. The molecule has 21 heavy (non-hydrogen) atoms.